The normalized spacial score (nSPS) is 14.6. The van der Waals surface area contributed by atoms with Gasteiger partial charge in [-0.2, -0.15) is 0 Å². The van der Waals surface area contributed by atoms with Crippen molar-refractivity contribution < 1.29 is 44.1 Å². The number of primary amides is 1. The van der Waals surface area contributed by atoms with Gasteiger partial charge in [-0.25, -0.2) is 4.79 Å². The number of carbonyl (C=O) groups is 6. The number of carboxylic acids is 2. The minimum Gasteiger partial charge on any atom is -0.481 e. The highest BCUT2D eigenvalue weighted by atomic mass is 16.4. The van der Waals surface area contributed by atoms with E-state index in [1.165, 1.54) is 0 Å². The first-order valence-corrected chi connectivity index (χ1v) is 9.28. The van der Waals surface area contributed by atoms with E-state index in [-0.39, 0.29) is 12.3 Å². The van der Waals surface area contributed by atoms with Gasteiger partial charge in [0.05, 0.1) is 25.5 Å². The Morgan fingerprint density at radius 1 is 0.806 bits per heavy atom. The minimum absolute atomic E-state index is 0.0459. The lowest BCUT2D eigenvalue weighted by Crippen LogP contribution is -2.58. The van der Waals surface area contributed by atoms with Gasteiger partial charge in [0.2, 0.25) is 23.6 Å². The fraction of sp³-hybridized carbons (Fsp3) is 0.647. The van der Waals surface area contributed by atoms with Crippen molar-refractivity contribution >= 4 is 35.6 Å². The molecule has 0 heterocycles. The number of amides is 4. The molecule has 31 heavy (non-hydrogen) atoms. The smallest absolute Gasteiger partial charge is 0.326 e. The predicted molar refractivity (Wildman–Crippen MR) is 104 cm³/mol. The van der Waals surface area contributed by atoms with Crippen molar-refractivity contribution in [1.29, 1.82) is 0 Å². The van der Waals surface area contributed by atoms with Gasteiger partial charge in [0.1, 0.15) is 18.1 Å². The summed E-state index contributed by atoms with van der Waals surface area (Å²) in [4.78, 5) is 69.6. The number of hydrogen-bond acceptors (Lipinski definition) is 8. The van der Waals surface area contributed by atoms with Crippen molar-refractivity contribution in [2.24, 2.45) is 17.4 Å². The van der Waals surface area contributed by atoms with Crippen LogP contribution in [-0.2, 0) is 28.8 Å². The first-order chi connectivity index (χ1) is 14.3. The summed E-state index contributed by atoms with van der Waals surface area (Å²) in [6.45, 7) is 2.56. The maximum atomic E-state index is 12.5. The molecule has 14 heteroatoms. The van der Waals surface area contributed by atoms with E-state index in [1.807, 2.05) is 5.32 Å². The molecule has 0 rings (SSSR count). The summed E-state index contributed by atoms with van der Waals surface area (Å²) in [5.74, 6) is -6.90. The van der Waals surface area contributed by atoms with Crippen LogP contribution < -0.4 is 27.4 Å². The van der Waals surface area contributed by atoms with E-state index in [0.717, 1.165) is 0 Å². The fourth-order valence-corrected chi connectivity index (χ4v) is 2.40. The quantitative estimate of drug-likeness (QED) is 0.129. The zero-order valence-electron chi connectivity index (χ0n) is 17.2. The predicted octanol–water partition coefficient (Wildman–Crippen LogP) is -3.76. The van der Waals surface area contributed by atoms with Crippen LogP contribution in [0.25, 0.3) is 0 Å². The summed E-state index contributed by atoms with van der Waals surface area (Å²) < 4.78 is 0. The molecule has 0 aromatic carbocycles. The molecule has 0 saturated carbocycles. The Labute approximate surface area is 177 Å². The van der Waals surface area contributed by atoms with Crippen LogP contribution in [-0.4, -0.2) is 81.7 Å². The summed E-state index contributed by atoms with van der Waals surface area (Å²) in [5, 5.41) is 33.7. The van der Waals surface area contributed by atoms with Gasteiger partial charge < -0.3 is 42.7 Å². The third-order valence-corrected chi connectivity index (χ3v) is 3.91. The number of hydrogen-bond donors (Lipinski definition) is 8. The molecular weight excluding hydrogens is 418 g/mol. The number of aliphatic carboxylic acids is 2. The molecule has 0 aromatic heterocycles. The van der Waals surface area contributed by atoms with Crippen LogP contribution in [0.4, 0.5) is 0 Å². The Kier molecular flexibility index (Phi) is 11.7. The third-order valence-electron chi connectivity index (χ3n) is 3.91. The molecule has 0 aliphatic rings. The third kappa shape index (κ3) is 10.9. The maximum absolute atomic E-state index is 12.5. The number of carbonyl (C=O) groups excluding carboxylic acids is 4. The van der Waals surface area contributed by atoms with Gasteiger partial charge >= 0.3 is 11.9 Å². The van der Waals surface area contributed by atoms with Crippen molar-refractivity contribution in [3.63, 3.8) is 0 Å². The highest BCUT2D eigenvalue weighted by Crippen LogP contribution is 2.07. The number of nitrogens with two attached hydrogens (primary N) is 2. The van der Waals surface area contributed by atoms with Crippen molar-refractivity contribution in [2.75, 3.05) is 6.61 Å². The average molecular weight is 447 g/mol. The monoisotopic (exact) mass is 447 g/mol. The molecular formula is C17H29N5O9. The second-order valence-electron chi connectivity index (χ2n) is 7.21. The van der Waals surface area contributed by atoms with Gasteiger partial charge in [-0.3, -0.25) is 24.0 Å². The Hall–Kier alpha value is -3.26. The highest BCUT2D eigenvalue weighted by Gasteiger charge is 2.31. The van der Waals surface area contributed by atoms with E-state index >= 15 is 0 Å². The first kappa shape index (κ1) is 27.7. The molecule has 0 bridgehead atoms. The van der Waals surface area contributed by atoms with Crippen molar-refractivity contribution in [1.82, 2.24) is 16.0 Å². The summed E-state index contributed by atoms with van der Waals surface area (Å²) >= 11 is 0. The SMILES string of the molecule is CC(C)CC(NC(=O)C(CO)NC(=O)C(N)CC(N)=O)C(=O)NC(CC(=O)O)C(=O)O. The summed E-state index contributed by atoms with van der Waals surface area (Å²) in [6.07, 6.45) is -1.33. The van der Waals surface area contributed by atoms with Crippen LogP contribution in [0.15, 0.2) is 0 Å². The van der Waals surface area contributed by atoms with E-state index in [1.54, 1.807) is 13.8 Å². The molecule has 14 nitrogen and oxygen atoms in total. The van der Waals surface area contributed by atoms with E-state index in [0.29, 0.717) is 0 Å². The highest BCUT2D eigenvalue weighted by molar-refractivity contribution is 5.95. The minimum atomic E-state index is -1.73. The summed E-state index contributed by atoms with van der Waals surface area (Å²) in [5.41, 5.74) is 10.4. The number of carboxylic acid groups (broad SMARTS) is 2. The zero-order chi connectivity index (χ0) is 24.3. The van der Waals surface area contributed by atoms with Crippen LogP contribution in [0.2, 0.25) is 0 Å². The van der Waals surface area contributed by atoms with Crippen LogP contribution in [0.3, 0.4) is 0 Å². The fourth-order valence-electron chi connectivity index (χ4n) is 2.40. The standard InChI is InChI=1S/C17H29N5O9/c1-7(2)3-9(15(28)21-10(17(30)31)5-13(25)26)20-16(29)11(6-23)22-14(27)8(18)4-12(19)24/h7-11,23H,3-6,18H2,1-2H3,(H2,19,24)(H,20,29)(H,21,28)(H,22,27)(H,25,26)(H,30,31). The number of rotatable bonds is 14. The zero-order valence-corrected chi connectivity index (χ0v) is 17.2. The molecule has 4 unspecified atom stereocenters. The van der Waals surface area contributed by atoms with Crippen LogP contribution in [0.1, 0.15) is 33.1 Å². The molecule has 0 saturated heterocycles. The van der Waals surface area contributed by atoms with Gasteiger partial charge in [-0.1, -0.05) is 13.8 Å². The summed E-state index contributed by atoms with van der Waals surface area (Å²) in [7, 11) is 0. The van der Waals surface area contributed by atoms with E-state index in [9.17, 15) is 33.9 Å². The van der Waals surface area contributed by atoms with Gasteiger partial charge in [0.15, 0.2) is 0 Å². The topological polar surface area (TPSA) is 251 Å². The molecule has 0 spiro atoms. The molecule has 0 aromatic rings. The van der Waals surface area contributed by atoms with Crippen molar-refractivity contribution in [3.8, 4) is 0 Å². The summed E-state index contributed by atoms with van der Waals surface area (Å²) in [6, 6.07) is -5.89. The van der Waals surface area contributed by atoms with Gasteiger partial charge in [-0.05, 0) is 12.3 Å². The molecule has 4 amide bonds. The molecule has 0 radical (unpaired) electrons. The molecule has 10 N–H and O–H groups in total. The van der Waals surface area contributed by atoms with Crippen molar-refractivity contribution in [3.05, 3.63) is 0 Å². The molecule has 0 aliphatic carbocycles. The lowest BCUT2D eigenvalue weighted by molar-refractivity contribution is -0.147. The Balaban J connectivity index is 5.29. The Morgan fingerprint density at radius 2 is 1.29 bits per heavy atom. The largest absolute Gasteiger partial charge is 0.481 e. The molecule has 4 atom stereocenters. The lowest BCUT2D eigenvalue weighted by atomic mass is 10.0. The molecule has 0 fully saturated rings. The molecule has 0 aliphatic heterocycles. The van der Waals surface area contributed by atoms with Crippen LogP contribution >= 0.6 is 0 Å². The Morgan fingerprint density at radius 3 is 1.71 bits per heavy atom. The number of aliphatic hydroxyl groups is 1. The second-order valence-corrected chi connectivity index (χ2v) is 7.21. The average Bonchev–Trinajstić information content (AvgIpc) is 2.62. The first-order valence-electron chi connectivity index (χ1n) is 9.28. The van der Waals surface area contributed by atoms with Crippen LogP contribution in [0.5, 0.6) is 0 Å². The van der Waals surface area contributed by atoms with E-state index in [2.05, 4.69) is 10.6 Å². The van der Waals surface area contributed by atoms with E-state index < -0.39 is 79.2 Å². The van der Waals surface area contributed by atoms with Gasteiger partial charge in [0.25, 0.3) is 0 Å². The number of aliphatic hydroxyl groups excluding tert-OH is 1. The van der Waals surface area contributed by atoms with E-state index in [4.69, 9.17) is 21.7 Å². The Bertz CT molecular complexity index is 697. The number of nitrogens with one attached hydrogen (secondary N) is 3. The second kappa shape index (κ2) is 13.1. The molecule has 176 valence electrons. The van der Waals surface area contributed by atoms with Gasteiger partial charge in [-0.15, -0.1) is 0 Å². The maximum Gasteiger partial charge on any atom is 0.326 e. The lowest BCUT2D eigenvalue weighted by Gasteiger charge is -2.25. The van der Waals surface area contributed by atoms with Crippen LogP contribution in [0, 0.1) is 5.92 Å². The van der Waals surface area contributed by atoms with Gasteiger partial charge in [0, 0.05) is 0 Å². The van der Waals surface area contributed by atoms with Crippen molar-refractivity contribution in [2.45, 2.75) is 57.3 Å².